The van der Waals surface area contributed by atoms with E-state index >= 15 is 0 Å². The molecule has 0 unspecified atom stereocenters. The maximum atomic E-state index is 9.75. The summed E-state index contributed by atoms with van der Waals surface area (Å²) in [6.07, 6.45) is 5.98. The summed E-state index contributed by atoms with van der Waals surface area (Å²) in [5.41, 5.74) is 0. The minimum atomic E-state index is -0.914. The number of halogens is 1. The van der Waals surface area contributed by atoms with Gasteiger partial charge in [0.15, 0.2) is 0 Å². The smallest absolute Gasteiger partial charge is 0.328 e. The molecule has 0 amide bonds. The monoisotopic (exact) mass is 192 g/mol. The number of allylic oxidation sites excluding steroid dienone is 3. The molecule has 1 N–H and O–H groups in total. The molecule has 0 saturated heterocycles. The first-order valence-corrected chi connectivity index (χ1v) is 2.29. The molecule has 0 aromatic heterocycles. The van der Waals surface area contributed by atoms with Gasteiger partial charge in [-0.05, 0) is 6.92 Å². The van der Waals surface area contributed by atoms with Crippen LogP contribution in [0, 0.1) is 0 Å². The van der Waals surface area contributed by atoms with Gasteiger partial charge in [-0.1, -0.05) is 18.2 Å². The number of hydrogen-bond donors (Lipinski definition) is 1. The molecule has 0 aromatic carbocycles. The number of hydrogen-bond acceptors (Lipinski definition) is 1. The molecule has 0 radical (unpaired) electrons. The van der Waals surface area contributed by atoms with Gasteiger partial charge in [-0.25, -0.2) is 4.79 Å². The third-order valence-corrected chi connectivity index (χ3v) is 0.542. The minimum Gasteiger partial charge on any atom is -0.478 e. The lowest BCUT2D eigenvalue weighted by Crippen LogP contribution is -1.83. The van der Waals surface area contributed by atoms with Crippen LogP contribution in [0.15, 0.2) is 24.3 Å². The van der Waals surface area contributed by atoms with Crippen LogP contribution in [0.5, 0.6) is 0 Å². The molecule has 9 heavy (non-hydrogen) atoms. The van der Waals surface area contributed by atoms with E-state index in [0.29, 0.717) is 0 Å². The third kappa shape index (κ3) is 11.2. The summed E-state index contributed by atoms with van der Waals surface area (Å²) < 4.78 is 0. The molecule has 0 aliphatic carbocycles. The highest BCUT2D eigenvalue weighted by Gasteiger charge is 1.78. The third-order valence-electron chi connectivity index (χ3n) is 0.542. The molecule has 0 atom stereocenters. The zero-order chi connectivity index (χ0) is 6.41. The maximum absolute atomic E-state index is 9.75. The van der Waals surface area contributed by atoms with Crippen molar-refractivity contribution in [3.05, 3.63) is 24.3 Å². The van der Waals surface area contributed by atoms with Gasteiger partial charge in [0.1, 0.15) is 0 Å². The van der Waals surface area contributed by atoms with Crippen molar-refractivity contribution in [1.29, 1.82) is 0 Å². The highest BCUT2D eigenvalue weighted by molar-refractivity contribution is 8.93. The van der Waals surface area contributed by atoms with E-state index in [4.69, 9.17) is 5.11 Å². The van der Waals surface area contributed by atoms with Crippen LogP contribution in [0.1, 0.15) is 6.92 Å². The Morgan fingerprint density at radius 3 is 2.33 bits per heavy atom. The minimum absolute atomic E-state index is 0. The van der Waals surface area contributed by atoms with E-state index < -0.39 is 5.97 Å². The summed E-state index contributed by atoms with van der Waals surface area (Å²) in [5.74, 6) is -0.914. The Bertz CT molecular complexity index is 127. The van der Waals surface area contributed by atoms with Crippen molar-refractivity contribution < 1.29 is 9.90 Å². The summed E-state index contributed by atoms with van der Waals surface area (Å²) >= 11 is 0. The Morgan fingerprint density at radius 2 is 2.00 bits per heavy atom. The molecular formula is C6H9BrO2. The van der Waals surface area contributed by atoms with Crippen LogP contribution < -0.4 is 0 Å². The first kappa shape index (κ1) is 11.3. The van der Waals surface area contributed by atoms with E-state index in [1.807, 2.05) is 6.92 Å². The maximum Gasteiger partial charge on any atom is 0.328 e. The van der Waals surface area contributed by atoms with Crippen LogP contribution in [0.3, 0.4) is 0 Å². The van der Waals surface area contributed by atoms with E-state index in [2.05, 4.69) is 0 Å². The van der Waals surface area contributed by atoms with Crippen molar-refractivity contribution in [3.8, 4) is 0 Å². The van der Waals surface area contributed by atoms with Crippen LogP contribution in [0.4, 0.5) is 0 Å². The lowest BCUT2D eigenvalue weighted by molar-refractivity contribution is -0.131. The predicted molar refractivity (Wildman–Crippen MR) is 41.9 cm³/mol. The first-order chi connectivity index (χ1) is 3.77. The average molecular weight is 193 g/mol. The normalized spacial score (nSPS) is 9.89. The van der Waals surface area contributed by atoms with Crippen molar-refractivity contribution in [3.63, 3.8) is 0 Å². The lowest BCUT2D eigenvalue weighted by Gasteiger charge is -1.72. The molecule has 0 aliphatic rings. The molecule has 0 aromatic rings. The Hall–Kier alpha value is -0.570. The van der Waals surface area contributed by atoms with E-state index in [-0.39, 0.29) is 17.0 Å². The van der Waals surface area contributed by atoms with Crippen LogP contribution in [0.25, 0.3) is 0 Å². The van der Waals surface area contributed by atoms with Gasteiger partial charge < -0.3 is 5.11 Å². The summed E-state index contributed by atoms with van der Waals surface area (Å²) in [6.45, 7) is 1.83. The number of carboxylic acids is 1. The van der Waals surface area contributed by atoms with E-state index in [0.717, 1.165) is 6.08 Å². The molecule has 0 aliphatic heterocycles. The van der Waals surface area contributed by atoms with Crippen molar-refractivity contribution in [1.82, 2.24) is 0 Å². The van der Waals surface area contributed by atoms with Crippen LogP contribution in [-0.4, -0.2) is 11.1 Å². The van der Waals surface area contributed by atoms with Gasteiger partial charge in [0.2, 0.25) is 0 Å². The standard InChI is InChI=1S/C6H8O2.BrH/c1-2-3-4-5-6(7)8;/h2-5H,1H3,(H,7,8);1H. The summed E-state index contributed by atoms with van der Waals surface area (Å²) in [5, 5.41) is 8.02. The first-order valence-electron chi connectivity index (χ1n) is 2.29. The van der Waals surface area contributed by atoms with Gasteiger partial charge in [-0.3, -0.25) is 0 Å². The van der Waals surface area contributed by atoms with Crippen LogP contribution in [-0.2, 0) is 4.79 Å². The number of carboxylic acid groups (broad SMARTS) is 1. The number of aliphatic carboxylic acids is 1. The van der Waals surface area contributed by atoms with Gasteiger partial charge in [-0.15, -0.1) is 17.0 Å². The molecule has 0 fully saturated rings. The quantitative estimate of drug-likeness (QED) is 0.536. The Labute approximate surface area is 64.7 Å². The molecular weight excluding hydrogens is 184 g/mol. The predicted octanol–water partition coefficient (Wildman–Crippen LogP) is 1.78. The topological polar surface area (TPSA) is 37.3 Å². The molecule has 0 bridgehead atoms. The number of rotatable bonds is 2. The summed E-state index contributed by atoms with van der Waals surface area (Å²) in [7, 11) is 0. The molecule has 0 heterocycles. The lowest BCUT2D eigenvalue weighted by atomic mass is 10.4. The second kappa shape index (κ2) is 7.43. The SMILES string of the molecule is Br.CC=CC=CC(=O)O. The Morgan fingerprint density at radius 1 is 1.44 bits per heavy atom. The fourth-order valence-electron chi connectivity index (χ4n) is 0.249. The molecule has 3 heteroatoms. The van der Waals surface area contributed by atoms with Gasteiger partial charge in [0.05, 0.1) is 0 Å². The summed E-state index contributed by atoms with van der Waals surface area (Å²) in [4.78, 5) is 9.75. The number of carbonyl (C=O) groups is 1. The zero-order valence-electron chi connectivity index (χ0n) is 5.07. The molecule has 52 valence electrons. The van der Waals surface area contributed by atoms with Crippen molar-refractivity contribution >= 4 is 23.0 Å². The highest BCUT2D eigenvalue weighted by atomic mass is 79.9. The van der Waals surface area contributed by atoms with E-state index in [9.17, 15) is 4.79 Å². The van der Waals surface area contributed by atoms with Crippen molar-refractivity contribution in [2.45, 2.75) is 6.92 Å². The summed E-state index contributed by atoms with van der Waals surface area (Å²) in [6, 6.07) is 0. The van der Waals surface area contributed by atoms with Crippen LogP contribution >= 0.6 is 17.0 Å². The van der Waals surface area contributed by atoms with Gasteiger partial charge in [0, 0.05) is 6.08 Å². The van der Waals surface area contributed by atoms with Crippen molar-refractivity contribution in [2.24, 2.45) is 0 Å². The van der Waals surface area contributed by atoms with Gasteiger partial charge >= 0.3 is 5.97 Å². The van der Waals surface area contributed by atoms with Crippen molar-refractivity contribution in [2.75, 3.05) is 0 Å². The van der Waals surface area contributed by atoms with E-state index in [1.54, 1.807) is 12.2 Å². The van der Waals surface area contributed by atoms with Crippen LogP contribution in [0.2, 0.25) is 0 Å². The van der Waals surface area contributed by atoms with Gasteiger partial charge in [-0.2, -0.15) is 0 Å². The molecule has 2 nitrogen and oxygen atoms in total. The Kier molecular flexibility index (Phi) is 9.29. The molecule has 0 rings (SSSR count). The van der Waals surface area contributed by atoms with E-state index in [1.165, 1.54) is 6.08 Å². The second-order valence-electron chi connectivity index (χ2n) is 1.22. The zero-order valence-corrected chi connectivity index (χ0v) is 6.79. The fourth-order valence-corrected chi connectivity index (χ4v) is 0.249. The second-order valence-corrected chi connectivity index (χ2v) is 1.22. The highest BCUT2D eigenvalue weighted by Crippen LogP contribution is 1.74. The van der Waals surface area contributed by atoms with Gasteiger partial charge in [0.25, 0.3) is 0 Å². The Balaban J connectivity index is 0. The molecule has 0 spiro atoms. The fraction of sp³-hybridized carbons (Fsp3) is 0.167. The molecule has 0 saturated carbocycles. The largest absolute Gasteiger partial charge is 0.478 e. The average Bonchev–Trinajstić information content (AvgIpc) is 1.66.